The van der Waals surface area contributed by atoms with Crippen LogP contribution in [0.25, 0.3) is 5.69 Å². The summed E-state index contributed by atoms with van der Waals surface area (Å²) in [5, 5.41) is 0. The lowest BCUT2D eigenvalue weighted by molar-refractivity contribution is 0.112. The van der Waals surface area contributed by atoms with E-state index in [0.717, 1.165) is 17.7 Å². The van der Waals surface area contributed by atoms with Gasteiger partial charge in [0.2, 0.25) is 0 Å². The molecule has 2 aromatic rings. The third-order valence-electron chi connectivity index (χ3n) is 2.33. The van der Waals surface area contributed by atoms with Gasteiger partial charge in [-0.05, 0) is 25.1 Å². The molecule has 20 heavy (non-hydrogen) atoms. The fourth-order valence-corrected chi connectivity index (χ4v) is 1.53. The van der Waals surface area contributed by atoms with Crippen LogP contribution in [0.1, 0.15) is 43.7 Å². The molecule has 0 saturated carbocycles. The van der Waals surface area contributed by atoms with E-state index >= 15 is 0 Å². The van der Waals surface area contributed by atoms with Crippen LogP contribution in [0.2, 0.25) is 0 Å². The van der Waals surface area contributed by atoms with Crippen molar-refractivity contribution < 1.29 is 9.53 Å². The number of nitrogens with zero attached hydrogens (tertiary/aromatic N) is 2. The lowest BCUT2D eigenvalue weighted by atomic mass is 10.2. The van der Waals surface area contributed by atoms with E-state index < -0.39 is 0 Å². The van der Waals surface area contributed by atoms with E-state index in [4.69, 9.17) is 4.74 Å². The Morgan fingerprint density at radius 2 is 1.85 bits per heavy atom. The SMILES string of the molecule is CC.CC.COc1cc(C=O)ccc1-n1cnc(C)c1. The molecule has 0 aliphatic rings. The molecule has 0 saturated heterocycles. The number of ether oxygens (including phenoxy) is 1. The largest absolute Gasteiger partial charge is 0.495 e. The standard InChI is InChI=1S/C12H12N2O2.2C2H6/c1-9-6-14(8-13-9)11-4-3-10(7-15)5-12(11)16-2;2*1-2/h3-8H,1-2H3;2*1-2H3. The second kappa shape index (κ2) is 9.78. The summed E-state index contributed by atoms with van der Waals surface area (Å²) < 4.78 is 7.11. The average Bonchev–Trinajstić information content (AvgIpc) is 2.97. The minimum absolute atomic E-state index is 0.595. The van der Waals surface area contributed by atoms with Gasteiger partial charge in [0.25, 0.3) is 0 Å². The summed E-state index contributed by atoms with van der Waals surface area (Å²) in [6, 6.07) is 5.29. The van der Waals surface area contributed by atoms with Gasteiger partial charge in [-0.2, -0.15) is 0 Å². The van der Waals surface area contributed by atoms with E-state index in [9.17, 15) is 4.79 Å². The van der Waals surface area contributed by atoms with Gasteiger partial charge in [0.05, 0.1) is 24.8 Å². The normalized spacial score (nSPS) is 8.70. The first-order valence-electron chi connectivity index (χ1n) is 6.89. The highest BCUT2D eigenvalue weighted by Gasteiger charge is 2.06. The Morgan fingerprint density at radius 3 is 2.30 bits per heavy atom. The molecule has 0 atom stereocenters. The van der Waals surface area contributed by atoms with E-state index in [0.29, 0.717) is 11.3 Å². The molecule has 1 aromatic heterocycles. The molecule has 4 heteroatoms. The molecule has 0 aliphatic carbocycles. The van der Waals surface area contributed by atoms with Crippen LogP contribution in [0.4, 0.5) is 0 Å². The molecule has 4 nitrogen and oxygen atoms in total. The van der Waals surface area contributed by atoms with Crippen LogP contribution in [0.5, 0.6) is 5.75 Å². The third kappa shape index (κ3) is 4.53. The number of aromatic nitrogens is 2. The molecule has 0 fully saturated rings. The fourth-order valence-electron chi connectivity index (χ4n) is 1.53. The second-order valence-corrected chi connectivity index (χ2v) is 3.47. The van der Waals surface area contributed by atoms with Gasteiger partial charge in [-0.3, -0.25) is 4.79 Å². The summed E-state index contributed by atoms with van der Waals surface area (Å²) in [4.78, 5) is 14.8. The van der Waals surface area contributed by atoms with Gasteiger partial charge < -0.3 is 9.30 Å². The Morgan fingerprint density at radius 1 is 1.20 bits per heavy atom. The minimum atomic E-state index is 0.595. The first-order valence-corrected chi connectivity index (χ1v) is 6.89. The number of carbonyl (C=O) groups excluding carboxylic acids is 1. The van der Waals surface area contributed by atoms with Gasteiger partial charge in [-0.15, -0.1) is 0 Å². The highest BCUT2D eigenvalue weighted by atomic mass is 16.5. The van der Waals surface area contributed by atoms with E-state index in [1.54, 1.807) is 25.6 Å². The molecule has 0 radical (unpaired) electrons. The molecule has 0 bridgehead atoms. The van der Waals surface area contributed by atoms with Gasteiger partial charge in [0.15, 0.2) is 0 Å². The first-order chi connectivity index (χ1) is 9.74. The Kier molecular flexibility index (Phi) is 8.75. The van der Waals surface area contributed by atoms with Crippen molar-refractivity contribution in [3.8, 4) is 11.4 Å². The summed E-state index contributed by atoms with van der Waals surface area (Å²) in [6.45, 7) is 9.92. The number of hydrogen-bond acceptors (Lipinski definition) is 3. The zero-order chi connectivity index (χ0) is 15.5. The highest BCUT2D eigenvalue weighted by molar-refractivity contribution is 5.76. The van der Waals surface area contributed by atoms with Crippen LogP contribution >= 0.6 is 0 Å². The van der Waals surface area contributed by atoms with Gasteiger partial charge in [0, 0.05) is 11.8 Å². The van der Waals surface area contributed by atoms with Gasteiger partial charge in [-0.25, -0.2) is 4.98 Å². The van der Waals surface area contributed by atoms with Crippen molar-refractivity contribution in [2.24, 2.45) is 0 Å². The van der Waals surface area contributed by atoms with Crippen LogP contribution in [-0.4, -0.2) is 22.9 Å². The molecule has 110 valence electrons. The Hall–Kier alpha value is -2.10. The van der Waals surface area contributed by atoms with Crippen LogP contribution in [-0.2, 0) is 0 Å². The smallest absolute Gasteiger partial charge is 0.150 e. The molecule has 0 amide bonds. The maximum absolute atomic E-state index is 10.7. The van der Waals surface area contributed by atoms with Crippen molar-refractivity contribution in [3.63, 3.8) is 0 Å². The van der Waals surface area contributed by atoms with E-state index in [2.05, 4.69) is 4.98 Å². The molecule has 0 aliphatic heterocycles. The molecule has 0 spiro atoms. The number of methoxy groups -OCH3 is 1. The van der Waals surface area contributed by atoms with Gasteiger partial charge in [0.1, 0.15) is 12.0 Å². The minimum Gasteiger partial charge on any atom is -0.495 e. The average molecular weight is 276 g/mol. The summed E-state index contributed by atoms with van der Waals surface area (Å²) in [5.74, 6) is 0.655. The van der Waals surface area contributed by atoms with Crippen molar-refractivity contribution in [1.82, 2.24) is 9.55 Å². The predicted molar refractivity (Wildman–Crippen MR) is 82.9 cm³/mol. The highest BCUT2D eigenvalue weighted by Crippen LogP contribution is 2.23. The first kappa shape index (κ1) is 17.9. The van der Waals surface area contributed by atoms with Crippen LogP contribution in [0, 0.1) is 6.92 Å². The van der Waals surface area contributed by atoms with Crippen molar-refractivity contribution in [2.45, 2.75) is 34.6 Å². The zero-order valence-corrected chi connectivity index (χ0v) is 13.2. The van der Waals surface area contributed by atoms with Gasteiger partial charge >= 0.3 is 0 Å². The summed E-state index contributed by atoms with van der Waals surface area (Å²) >= 11 is 0. The molecular weight excluding hydrogens is 252 g/mol. The maximum Gasteiger partial charge on any atom is 0.150 e. The van der Waals surface area contributed by atoms with Gasteiger partial charge in [-0.1, -0.05) is 27.7 Å². The number of aryl methyl sites for hydroxylation is 1. The molecule has 1 aromatic carbocycles. The second-order valence-electron chi connectivity index (χ2n) is 3.47. The van der Waals surface area contributed by atoms with Crippen LogP contribution in [0.3, 0.4) is 0 Å². The van der Waals surface area contributed by atoms with Crippen molar-refractivity contribution in [1.29, 1.82) is 0 Å². The number of hydrogen-bond donors (Lipinski definition) is 0. The number of aldehydes is 1. The van der Waals surface area contributed by atoms with Crippen molar-refractivity contribution in [2.75, 3.05) is 7.11 Å². The summed E-state index contributed by atoms with van der Waals surface area (Å²) in [7, 11) is 1.58. The number of benzene rings is 1. The third-order valence-corrected chi connectivity index (χ3v) is 2.33. The Bertz CT molecular complexity index is 519. The number of carbonyl (C=O) groups is 1. The predicted octanol–water partition coefficient (Wildman–Crippen LogP) is 4.05. The Labute approximate surface area is 121 Å². The zero-order valence-electron chi connectivity index (χ0n) is 13.2. The number of rotatable bonds is 3. The Balaban J connectivity index is 0.000000829. The van der Waals surface area contributed by atoms with Crippen molar-refractivity contribution >= 4 is 6.29 Å². The van der Waals surface area contributed by atoms with E-state index in [1.165, 1.54) is 0 Å². The molecule has 0 unspecified atom stereocenters. The molecule has 1 heterocycles. The van der Waals surface area contributed by atoms with Crippen LogP contribution < -0.4 is 4.74 Å². The monoisotopic (exact) mass is 276 g/mol. The van der Waals surface area contributed by atoms with Crippen LogP contribution in [0.15, 0.2) is 30.7 Å². The van der Waals surface area contributed by atoms with E-state index in [-0.39, 0.29) is 0 Å². The fraction of sp³-hybridized carbons (Fsp3) is 0.375. The topological polar surface area (TPSA) is 44.1 Å². The van der Waals surface area contributed by atoms with E-state index in [1.807, 2.05) is 51.4 Å². The number of imidazole rings is 1. The quantitative estimate of drug-likeness (QED) is 0.794. The molecule has 2 rings (SSSR count). The summed E-state index contributed by atoms with van der Waals surface area (Å²) in [5.41, 5.74) is 2.40. The van der Waals surface area contributed by atoms with Crippen molar-refractivity contribution in [3.05, 3.63) is 42.0 Å². The maximum atomic E-state index is 10.7. The molecule has 0 N–H and O–H groups in total. The lowest BCUT2D eigenvalue weighted by Crippen LogP contribution is -1.96. The molecular formula is C16H24N2O2. The summed E-state index contributed by atoms with van der Waals surface area (Å²) in [6.07, 6.45) is 4.41. The lowest BCUT2D eigenvalue weighted by Gasteiger charge is -2.09.